The van der Waals surface area contributed by atoms with Crippen LogP contribution in [0.5, 0.6) is 0 Å². The number of carbonyl (C=O) groups excluding carboxylic acids is 2. The van der Waals surface area contributed by atoms with Crippen LogP contribution in [0, 0.1) is 5.82 Å². The molecule has 2 N–H and O–H groups in total. The first kappa shape index (κ1) is 14.3. The van der Waals surface area contributed by atoms with Crippen molar-refractivity contribution in [3.05, 3.63) is 48.0 Å². The number of hydrogen-bond acceptors (Lipinski definition) is 3. The molecule has 114 valence electrons. The highest BCUT2D eigenvalue weighted by atomic mass is 19.1. The second-order valence-corrected chi connectivity index (χ2v) is 5.20. The van der Waals surface area contributed by atoms with Crippen molar-refractivity contribution in [3.63, 3.8) is 0 Å². The molecule has 0 atom stereocenters. The number of benzene rings is 1. The number of nitrogens with one attached hydrogen (secondary N) is 2. The zero-order valence-corrected chi connectivity index (χ0v) is 11.8. The second kappa shape index (κ2) is 6.01. The molecule has 6 heteroatoms. The number of halogens is 1. The molecule has 0 bridgehead atoms. The third kappa shape index (κ3) is 3.52. The average molecular weight is 302 g/mol. The summed E-state index contributed by atoms with van der Waals surface area (Å²) in [7, 11) is 0. The molecule has 0 radical (unpaired) electrons. The quantitative estimate of drug-likeness (QED) is 0.888. The Hall–Kier alpha value is -2.63. The van der Waals surface area contributed by atoms with Gasteiger partial charge in [-0.1, -0.05) is 0 Å². The maximum Gasteiger partial charge on any atom is 0.287 e. The minimum atomic E-state index is -0.459. The third-order valence-electron chi connectivity index (χ3n) is 3.31. The van der Waals surface area contributed by atoms with E-state index in [1.165, 1.54) is 18.2 Å². The number of amides is 2. The summed E-state index contributed by atoms with van der Waals surface area (Å²) in [5, 5.41) is 5.28. The lowest BCUT2D eigenvalue weighted by molar-refractivity contribution is -0.120. The molecule has 0 aliphatic heterocycles. The van der Waals surface area contributed by atoms with Crippen molar-refractivity contribution in [2.75, 3.05) is 6.54 Å². The predicted octanol–water partition coefficient (Wildman–Crippen LogP) is 2.09. The van der Waals surface area contributed by atoms with Crippen LogP contribution >= 0.6 is 0 Å². The largest absolute Gasteiger partial charge is 0.451 e. The van der Waals surface area contributed by atoms with E-state index in [9.17, 15) is 14.0 Å². The molecule has 1 aliphatic rings. The fourth-order valence-corrected chi connectivity index (χ4v) is 1.98. The molecule has 2 amide bonds. The average Bonchev–Trinajstić information content (AvgIpc) is 3.18. The highest BCUT2D eigenvalue weighted by molar-refractivity contribution is 5.94. The topological polar surface area (TPSA) is 71.3 Å². The Kier molecular flexibility index (Phi) is 3.91. The van der Waals surface area contributed by atoms with Crippen LogP contribution in [0.3, 0.4) is 0 Å². The Morgan fingerprint density at radius 2 is 1.86 bits per heavy atom. The van der Waals surface area contributed by atoms with E-state index < -0.39 is 5.91 Å². The van der Waals surface area contributed by atoms with Crippen LogP contribution in [0.1, 0.15) is 23.4 Å². The van der Waals surface area contributed by atoms with Crippen LogP contribution in [0.25, 0.3) is 11.3 Å². The standard InChI is InChI=1S/C16H15FN2O3/c17-11-3-1-10(2-4-11)13-7-8-14(22-13)16(21)18-9-15(20)19-12-5-6-12/h1-4,7-8,12H,5-6,9H2,(H,18,21)(H,19,20). The lowest BCUT2D eigenvalue weighted by atomic mass is 10.2. The molecule has 3 rings (SSSR count). The van der Waals surface area contributed by atoms with Gasteiger partial charge in [-0.15, -0.1) is 0 Å². The first-order chi connectivity index (χ1) is 10.6. The molecule has 0 spiro atoms. The molecular weight excluding hydrogens is 287 g/mol. The lowest BCUT2D eigenvalue weighted by Crippen LogP contribution is -2.37. The van der Waals surface area contributed by atoms with Crippen molar-refractivity contribution >= 4 is 11.8 Å². The monoisotopic (exact) mass is 302 g/mol. The van der Waals surface area contributed by atoms with Gasteiger partial charge in [0.25, 0.3) is 5.91 Å². The summed E-state index contributed by atoms with van der Waals surface area (Å²) in [5.41, 5.74) is 0.673. The van der Waals surface area contributed by atoms with Crippen molar-refractivity contribution in [2.45, 2.75) is 18.9 Å². The Labute approximate surface area is 126 Å². The first-order valence-corrected chi connectivity index (χ1v) is 7.05. The number of hydrogen-bond donors (Lipinski definition) is 2. The zero-order chi connectivity index (χ0) is 15.5. The molecule has 1 aliphatic carbocycles. The number of furan rings is 1. The van der Waals surface area contributed by atoms with E-state index in [2.05, 4.69) is 10.6 Å². The van der Waals surface area contributed by atoms with Crippen molar-refractivity contribution < 1.29 is 18.4 Å². The summed E-state index contributed by atoms with van der Waals surface area (Å²) in [6.07, 6.45) is 2.00. The van der Waals surface area contributed by atoms with E-state index in [-0.39, 0.29) is 30.1 Å². The van der Waals surface area contributed by atoms with Crippen LogP contribution < -0.4 is 10.6 Å². The van der Waals surface area contributed by atoms with E-state index in [0.29, 0.717) is 11.3 Å². The van der Waals surface area contributed by atoms with E-state index in [1.54, 1.807) is 18.2 Å². The Morgan fingerprint density at radius 3 is 2.55 bits per heavy atom. The maximum absolute atomic E-state index is 12.9. The summed E-state index contributed by atoms with van der Waals surface area (Å²) in [6, 6.07) is 9.19. The molecule has 2 aromatic rings. The van der Waals surface area contributed by atoms with Crippen molar-refractivity contribution in [3.8, 4) is 11.3 Å². The molecule has 1 fully saturated rings. The van der Waals surface area contributed by atoms with Crippen molar-refractivity contribution in [1.29, 1.82) is 0 Å². The Bertz CT molecular complexity index is 690. The van der Waals surface area contributed by atoms with E-state index in [1.807, 2.05) is 0 Å². The molecule has 1 saturated carbocycles. The fourth-order valence-electron chi connectivity index (χ4n) is 1.98. The smallest absolute Gasteiger partial charge is 0.287 e. The van der Waals surface area contributed by atoms with Crippen molar-refractivity contribution in [2.24, 2.45) is 0 Å². The maximum atomic E-state index is 12.9. The molecule has 0 unspecified atom stereocenters. The van der Waals surface area contributed by atoms with Gasteiger partial charge in [0.1, 0.15) is 11.6 Å². The van der Waals surface area contributed by atoms with Gasteiger partial charge in [-0.3, -0.25) is 9.59 Å². The molecule has 0 saturated heterocycles. The summed E-state index contributed by atoms with van der Waals surface area (Å²) in [6.45, 7) is -0.0814. The number of rotatable bonds is 5. The van der Waals surface area contributed by atoms with E-state index in [4.69, 9.17) is 4.42 Å². The van der Waals surface area contributed by atoms with E-state index in [0.717, 1.165) is 12.8 Å². The first-order valence-electron chi connectivity index (χ1n) is 7.05. The molecule has 5 nitrogen and oxygen atoms in total. The summed E-state index contributed by atoms with van der Waals surface area (Å²) >= 11 is 0. The van der Waals surface area contributed by atoms with Crippen molar-refractivity contribution in [1.82, 2.24) is 10.6 Å². The SMILES string of the molecule is O=C(CNC(=O)c1ccc(-c2ccc(F)cc2)o1)NC1CC1. The van der Waals surface area contributed by atoms with Gasteiger partial charge in [-0.25, -0.2) is 4.39 Å². The summed E-state index contributed by atoms with van der Waals surface area (Å²) < 4.78 is 18.3. The van der Waals surface area contributed by atoms with Gasteiger partial charge >= 0.3 is 0 Å². The predicted molar refractivity (Wildman–Crippen MR) is 77.6 cm³/mol. The third-order valence-corrected chi connectivity index (χ3v) is 3.31. The van der Waals surface area contributed by atoms with Gasteiger partial charge in [0.15, 0.2) is 5.76 Å². The normalized spacial score (nSPS) is 13.7. The van der Waals surface area contributed by atoms with Gasteiger partial charge in [0.2, 0.25) is 5.91 Å². The van der Waals surface area contributed by atoms with Gasteiger partial charge < -0.3 is 15.1 Å². The van der Waals surface area contributed by atoms with Gasteiger partial charge in [0.05, 0.1) is 6.54 Å². The van der Waals surface area contributed by atoms with Crippen LogP contribution in [0.4, 0.5) is 4.39 Å². The number of carbonyl (C=O) groups is 2. The van der Waals surface area contributed by atoms with Crippen LogP contribution in [-0.2, 0) is 4.79 Å². The summed E-state index contributed by atoms with van der Waals surface area (Å²) in [4.78, 5) is 23.4. The Morgan fingerprint density at radius 1 is 1.14 bits per heavy atom. The minimum absolute atomic E-state index is 0.0814. The highest BCUT2D eigenvalue weighted by Gasteiger charge is 2.23. The van der Waals surface area contributed by atoms with Gasteiger partial charge in [0, 0.05) is 11.6 Å². The zero-order valence-electron chi connectivity index (χ0n) is 11.8. The van der Waals surface area contributed by atoms with Gasteiger partial charge in [-0.05, 0) is 49.2 Å². The van der Waals surface area contributed by atoms with Crippen LogP contribution in [-0.4, -0.2) is 24.4 Å². The molecule has 1 aromatic carbocycles. The molecular formula is C16H15FN2O3. The molecule has 22 heavy (non-hydrogen) atoms. The summed E-state index contributed by atoms with van der Waals surface area (Å²) in [5.74, 6) is -0.429. The second-order valence-electron chi connectivity index (χ2n) is 5.20. The Balaban J connectivity index is 1.58. The van der Waals surface area contributed by atoms with Crippen LogP contribution in [0.15, 0.2) is 40.8 Å². The lowest BCUT2D eigenvalue weighted by Gasteiger charge is -2.04. The minimum Gasteiger partial charge on any atom is -0.451 e. The van der Waals surface area contributed by atoms with E-state index >= 15 is 0 Å². The molecule has 1 heterocycles. The van der Waals surface area contributed by atoms with Gasteiger partial charge in [-0.2, -0.15) is 0 Å². The fraction of sp³-hybridized carbons (Fsp3) is 0.250. The molecule has 1 aromatic heterocycles. The van der Waals surface area contributed by atoms with Crippen LogP contribution in [0.2, 0.25) is 0 Å². The highest BCUT2D eigenvalue weighted by Crippen LogP contribution is 2.22.